The van der Waals surface area contributed by atoms with Crippen LogP contribution in [0.2, 0.25) is 0 Å². The molecule has 2 aliphatic carbocycles. The predicted molar refractivity (Wildman–Crippen MR) is 252 cm³/mol. The van der Waals surface area contributed by atoms with Gasteiger partial charge in [-0.1, -0.05) is 62.3 Å². The summed E-state index contributed by atoms with van der Waals surface area (Å²) in [4.78, 5) is 83.1. The third-order valence-electron chi connectivity index (χ3n) is 12.0. The lowest BCUT2D eigenvalue weighted by Gasteiger charge is -2.25. The number of nitrogens with zero attached hydrogens (tertiary/aromatic N) is 6. The number of anilines is 1. The highest BCUT2D eigenvalue weighted by atomic mass is 31.3. The topological polar surface area (TPSA) is 360 Å². The minimum Gasteiger partial charge on any atom is -0.390 e. The Balaban J connectivity index is 0.000000646. The van der Waals surface area contributed by atoms with Crippen molar-refractivity contribution in [3.05, 3.63) is 55.8 Å². The Hall–Kier alpha value is -2.59. The number of hydrogen-bond donors (Lipinski definition) is 9. The molecule has 2 saturated carbocycles. The molecule has 1 saturated heterocycles. The van der Waals surface area contributed by atoms with Crippen molar-refractivity contribution in [2.75, 3.05) is 84.7 Å². The number of aromatic amines is 1. The smallest absolute Gasteiger partial charge is 0.390 e. The number of ether oxygens (including phenoxy) is 1. The SMILES string of the molecule is CCN(CC)CC.CCN(CC)CC.CCN(CC)CC.CONc1ccn([C@]23C[C@H]2[C@H](COP(=O)(O)OP(=O)(O)OP(=O)(O)OC[C@H]2O[C@@H](n4ccc(=O)[nH]c4=O)[C@H](O)[C@@H]2O)[C@@H](O)[C@H]3O)c(=O)n1. The Morgan fingerprint density at radius 1 is 0.725 bits per heavy atom. The molecule has 0 spiro atoms. The third-order valence-corrected chi connectivity index (χ3v) is 16.3. The molecule has 30 heteroatoms. The molecule has 0 bridgehead atoms. The number of phosphoric acid groups is 3. The molecule has 3 heterocycles. The minimum atomic E-state index is -5.96. The lowest BCUT2D eigenvalue weighted by molar-refractivity contribution is -0.0542. The number of aromatic nitrogens is 4. The molecule has 0 radical (unpaired) electrons. The zero-order valence-electron chi connectivity index (χ0n) is 41.0. The number of aliphatic hydroxyl groups is 4. The number of aliphatic hydroxyl groups excluding tert-OH is 4. The van der Waals surface area contributed by atoms with Gasteiger partial charge in [0.1, 0.15) is 24.4 Å². The maximum absolute atomic E-state index is 12.6. The van der Waals surface area contributed by atoms with Crippen LogP contribution in [-0.2, 0) is 46.5 Å². The number of H-pyrrole nitrogens is 1. The summed E-state index contributed by atoms with van der Waals surface area (Å²) in [6.07, 6.45) is -7.74. The van der Waals surface area contributed by atoms with Crippen LogP contribution in [-0.4, -0.2) is 179 Å². The molecule has 3 fully saturated rings. The van der Waals surface area contributed by atoms with E-state index in [1.165, 1.54) is 78.3 Å². The van der Waals surface area contributed by atoms with Gasteiger partial charge in [0.05, 0.1) is 32.0 Å². The fraction of sp³-hybridized carbons (Fsp3) is 0.795. The molecule has 3 unspecified atom stereocenters. The molecule has 5 rings (SSSR count). The van der Waals surface area contributed by atoms with Gasteiger partial charge in [0.25, 0.3) is 5.56 Å². The van der Waals surface area contributed by atoms with E-state index in [9.17, 15) is 63.2 Å². The van der Waals surface area contributed by atoms with Crippen LogP contribution in [0.15, 0.2) is 38.9 Å². The molecule has 3 aliphatic rings. The Kier molecular flexibility index (Phi) is 25.9. The van der Waals surface area contributed by atoms with Crippen LogP contribution in [0, 0.1) is 11.8 Å². The van der Waals surface area contributed by atoms with Crippen molar-refractivity contribution >= 4 is 29.3 Å². The van der Waals surface area contributed by atoms with E-state index >= 15 is 0 Å². The highest BCUT2D eigenvalue weighted by Crippen LogP contribution is 2.69. The largest absolute Gasteiger partial charge is 0.490 e. The summed E-state index contributed by atoms with van der Waals surface area (Å²) < 4.78 is 61.5. The maximum Gasteiger partial charge on any atom is 0.490 e. The molecule has 9 N–H and O–H groups in total. The molecule has 2 aromatic rings. The molecule has 2 aromatic heterocycles. The first kappa shape index (κ1) is 62.5. The third kappa shape index (κ3) is 17.8. The number of nitrogens with one attached hydrogen (secondary N) is 2. The summed E-state index contributed by atoms with van der Waals surface area (Å²) in [5.41, 5.74) is -1.60. The highest BCUT2D eigenvalue weighted by molar-refractivity contribution is 7.66. The van der Waals surface area contributed by atoms with Gasteiger partial charge in [-0.05, 0) is 77.3 Å². The first-order chi connectivity index (χ1) is 32.3. The Morgan fingerprint density at radius 2 is 1.20 bits per heavy atom. The van der Waals surface area contributed by atoms with E-state index < -0.39 is 108 Å². The van der Waals surface area contributed by atoms with Gasteiger partial charge in [0.15, 0.2) is 12.0 Å². The molecule has 27 nitrogen and oxygen atoms in total. The molecular weight excluding hydrogens is 977 g/mol. The predicted octanol–water partition coefficient (Wildman–Crippen LogP) is 0.865. The summed E-state index contributed by atoms with van der Waals surface area (Å²) in [5.74, 6) is -1.74. The van der Waals surface area contributed by atoms with Crippen molar-refractivity contribution in [2.45, 2.75) is 111 Å². The van der Waals surface area contributed by atoms with Crippen molar-refractivity contribution in [2.24, 2.45) is 11.8 Å². The monoisotopic (exact) mass is 1050 g/mol. The fourth-order valence-electron chi connectivity index (χ4n) is 7.85. The van der Waals surface area contributed by atoms with Gasteiger partial charge in [0, 0.05) is 24.4 Å². The van der Waals surface area contributed by atoms with Crippen LogP contribution in [0.25, 0.3) is 0 Å². The van der Waals surface area contributed by atoms with Crippen molar-refractivity contribution < 1.29 is 76.0 Å². The van der Waals surface area contributed by atoms with Gasteiger partial charge >= 0.3 is 34.8 Å². The molecular formula is C39H75N8O19P3. The van der Waals surface area contributed by atoms with E-state index in [1.807, 2.05) is 4.98 Å². The fourth-order valence-corrected chi connectivity index (χ4v) is 11.4. The summed E-state index contributed by atoms with van der Waals surface area (Å²) in [6.45, 7) is 28.4. The van der Waals surface area contributed by atoms with Crippen LogP contribution >= 0.6 is 23.5 Å². The molecule has 12 atom stereocenters. The first-order valence-corrected chi connectivity index (χ1v) is 27.3. The number of rotatable bonds is 23. The van der Waals surface area contributed by atoms with Crippen molar-refractivity contribution in [3.63, 3.8) is 0 Å². The number of fused-ring (bicyclic) bond motifs is 1. The molecule has 0 aromatic carbocycles. The van der Waals surface area contributed by atoms with Crippen molar-refractivity contribution in [1.29, 1.82) is 0 Å². The summed E-state index contributed by atoms with van der Waals surface area (Å²) in [7, 11) is -15.9. The normalized spacial score (nSPS) is 27.4. The summed E-state index contributed by atoms with van der Waals surface area (Å²) in [5, 5.41) is 41.8. The molecule has 69 heavy (non-hydrogen) atoms. The van der Waals surface area contributed by atoms with Crippen molar-refractivity contribution in [3.8, 4) is 0 Å². The van der Waals surface area contributed by atoms with E-state index in [0.29, 0.717) is 4.57 Å². The van der Waals surface area contributed by atoms with Gasteiger partial charge in [-0.25, -0.2) is 28.8 Å². The Morgan fingerprint density at radius 3 is 1.62 bits per heavy atom. The number of hydrogen-bond acceptors (Lipinski definition) is 21. The average molecular weight is 1050 g/mol. The zero-order chi connectivity index (χ0) is 52.5. The first-order valence-electron chi connectivity index (χ1n) is 22.8. The Labute approximate surface area is 401 Å². The standard InChI is InChI=1S/C21H30N5O19P3.3C6H15N/c1-40-24-12-2-5-26(20(33)22-12)21-6-10(21)9(14(28)17(21)31)7-41-46(34,35)44-48(38,39)45-47(36,37)42-8-11-15(29)16(30)18(43-11)25-4-3-13(27)23-19(25)32;3*1-4-7(5-2)6-3/h2-5,9-11,14-18,28-31H,6-8H2,1H3,(H,34,35)(H,36,37)(H,38,39)(H,22,24,33)(H,23,27,32);3*4-6H2,1-3H3/t9-,10-,11+,14+,15+,16+,17+,18+,21+;;;/m0.../s1. The van der Waals surface area contributed by atoms with Crippen molar-refractivity contribution in [1.82, 2.24) is 33.8 Å². The van der Waals surface area contributed by atoms with E-state index in [0.717, 1.165) is 16.8 Å². The van der Waals surface area contributed by atoms with Crippen LogP contribution in [0.5, 0.6) is 0 Å². The van der Waals surface area contributed by atoms with E-state index in [-0.39, 0.29) is 12.2 Å². The lowest BCUT2D eigenvalue weighted by atomic mass is 10.0. The van der Waals surface area contributed by atoms with Gasteiger partial charge in [-0.2, -0.15) is 13.6 Å². The average Bonchev–Trinajstić information content (AvgIpc) is 3.90. The second-order valence-corrected chi connectivity index (χ2v) is 20.4. The van der Waals surface area contributed by atoms with Gasteiger partial charge in [-0.3, -0.25) is 32.8 Å². The van der Waals surface area contributed by atoms with Crippen LogP contribution in [0.4, 0.5) is 5.82 Å². The van der Waals surface area contributed by atoms with Gasteiger partial charge in [-0.15, -0.1) is 0 Å². The summed E-state index contributed by atoms with van der Waals surface area (Å²) >= 11 is 0. The van der Waals surface area contributed by atoms with E-state index in [2.05, 4.69) is 105 Å². The van der Waals surface area contributed by atoms with Gasteiger partial charge in [0.2, 0.25) is 0 Å². The van der Waals surface area contributed by atoms with Gasteiger partial charge < -0.3 is 54.5 Å². The molecule has 0 amide bonds. The van der Waals surface area contributed by atoms with E-state index in [1.54, 1.807) is 0 Å². The van der Waals surface area contributed by atoms with Crippen LogP contribution in [0.3, 0.4) is 0 Å². The number of phosphoric ester groups is 2. The molecule has 400 valence electrons. The Bertz CT molecular complexity index is 2130. The summed E-state index contributed by atoms with van der Waals surface area (Å²) in [6, 6.07) is 2.27. The van der Waals surface area contributed by atoms with Crippen LogP contribution < -0.4 is 22.4 Å². The maximum atomic E-state index is 12.6. The lowest BCUT2D eigenvalue weighted by Crippen LogP contribution is -2.43. The highest BCUT2D eigenvalue weighted by Gasteiger charge is 2.72. The van der Waals surface area contributed by atoms with Crippen LogP contribution in [0.1, 0.15) is 75.0 Å². The second-order valence-electron chi connectivity index (χ2n) is 15.8. The van der Waals surface area contributed by atoms with E-state index in [4.69, 9.17) is 9.26 Å². The second kappa shape index (κ2) is 28.6. The molecule has 1 aliphatic heterocycles. The minimum absolute atomic E-state index is 0.0599. The quantitative estimate of drug-likeness (QED) is 0.0550. The zero-order valence-corrected chi connectivity index (χ0v) is 43.7.